The van der Waals surface area contributed by atoms with Crippen LogP contribution in [0.2, 0.25) is 0 Å². The van der Waals surface area contributed by atoms with E-state index < -0.39 is 5.97 Å². The molecule has 3 aromatic rings. The molecule has 0 amide bonds. The Morgan fingerprint density at radius 3 is 2.38 bits per heavy atom. The molecule has 3 aromatic carbocycles. The molecule has 7 nitrogen and oxygen atoms in total. The van der Waals surface area contributed by atoms with Gasteiger partial charge in [0.15, 0.2) is 0 Å². The highest BCUT2D eigenvalue weighted by Gasteiger charge is 2.16. The van der Waals surface area contributed by atoms with Crippen LogP contribution in [0.25, 0.3) is 11.1 Å². The first-order valence-corrected chi connectivity index (χ1v) is 10.5. The molecule has 0 aliphatic rings. The van der Waals surface area contributed by atoms with Crippen LogP contribution in [0.5, 0.6) is 0 Å². The van der Waals surface area contributed by atoms with Crippen molar-refractivity contribution in [3.63, 3.8) is 0 Å². The van der Waals surface area contributed by atoms with Crippen LogP contribution < -0.4 is 10.6 Å². The van der Waals surface area contributed by atoms with Crippen molar-refractivity contribution in [2.45, 2.75) is 13.5 Å². The number of nitrogens with one attached hydrogen (secondary N) is 2. The predicted octanol–water partition coefficient (Wildman–Crippen LogP) is 5.36. The highest BCUT2D eigenvalue weighted by atomic mass is 16.5. The Labute approximate surface area is 198 Å². The topological polar surface area (TPSA) is 122 Å². The number of anilines is 2. The van der Waals surface area contributed by atoms with Crippen molar-refractivity contribution in [3.05, 3.63) is 95.2 Å². The first-order valence-electron chi connectivity index (χ1n) is 10.5. The van der Waals surface area contributed by atoms with Crippen LogP contribution in [0.3, 0.4) is 0 Å². The van der Waals surface area contributed by atoms with Crippen molar-refractivity contribution in [3.8, 4) is 29.3 Å². The van der Waals surface area contributed by atoms with Crippen molar-refractivity contribution in [1.82, 2.24) is 0 Å². The summed E-state index contributed by atoms with van der Waals surface area (Å²) in [6.07, 6.45) is 1.29. The number of hydrogen-bond donors (Lipinski definition) is 2. The van der Waals surface area contributed by atoms with Crippen LogP contribution in [0.15, 0.2) is 78.5 Å². The van der Waals surface area contributed by atoms with Gasteiger partial charge in [-0.25, -0.2) is 4.79 Å². The van der Waals surface area contributed by atoms with Gasteiger partial charge in [0.1, 0.15) is 17.7 Å². The normalized spacial score (nSPS) is 9.59. The lowest BCUT2D eigenvalue weighted by molar-refractivity contribution is 0.0527. The van der Waals surface area contributed by atoms with Gasteiger partial charge in [-0.15, -0.1) is 0 Å². The fraction of sp³-hybridized carbons (Fsp3) is 0.111. The van der Waals surface area contributed by atoms with E-state index >= 15 is 0 Å². The summed E-state index contributed by atoms with van der Waals surface area (Å²) in [5.41, 5.74) is 4.60. The maximum Gasteiger partial charge on any atom is 0.340 e. The summed E-state index contributed by atoms with van der Waals surface area (Å²) >= 11 is 0. The van der Waals surface area contributed by atoms with Crippen LogP contribution in [0.4, 0.5) is 11.4 Å². The van der Waals surface area contributed by atoms with E-state index in [-0.39, 0.29) is 12.2 Å². The average Bonchev–Trinajstić information content (AvgIpc) is 2.88. The molecule has 3 rings (SSSR count). The number of carbonyl (C=O) groups excluding carboxylic acids is 1. The van der Waals surface area contributed by atoms with Gasteiger partial charge < -0.3 is 15.4 Å². The molecule has 0 atom stereocenters. The van der Waals surface area contributed by atoms with Crippen molar-refractivity contribution in [2.24, 2.45) is 0 Å². The molecule has 0 aromatic heterocycles. The van der Waals surface area contributed by atoms with E-state index in [4.69, 9.17) is 15.3 Å². The Morgan fingerprint density at radius 2 is 1.71 bits per heavy atom. The summed E-state index contributed by atoms with van der Waals surface area (Å²) in [6, 6.07) is 26.0. The monoisotopic (exact) mass is 447 g/mol. The van der Waals surface area contributed by atoms with Gasteiger partial charge in [0, 0.05) is 12.7 Å². The van der Waals surface area contributed by atoms with E-state index in [1.165, 1.54) is 6.20 Å². The van der Waals surface area contributed by atoms with E-state index in [9.17, 15) is 10.1 Å². The molecule has 34 heavy (non-hydrogen) atoms. The summed E-state index contributed by atoms with van der Waals surface area (Å²) in [5.74, 6) is -0.484. The zero-order chi connectivity index (χ0) is 24.3. The number of nitriles is 3. The first-order chi connectivity index (χ1) is 16.6. The molecular formula is C27H21N5O2. The van der Waals surface area contributed by atoms with Crippen molar-refractivity contribution < 1.29 is 9.53 Å². The van der Waals surface area contributed by atoms with Crippen molar-refractivity contribution >= 4 is 17.3 Å². The number of esters is 1. The number of rotatable bonds is 8. The maximum absolute atomic E-state index is 12.5. The third-order valence-electron chi connectivity index (χ3n) is 4.95. The fourth-order valence-corrected chi connectivity index (χ4v) is 3.31. The molecule has 166 valence electrons. The van der Waals surface area contributed by atoms with Gasteiger partial charge in [0.25, 0.3) is 0 Å². The van der Waals surface area contributed by atoms with Gasteiger partial charge >= 0.3 is 5.97 Å². The number of benzene rings is 3. The minimum Gasteiger partial charge on any atom is -0.462 e. The van der Waals surface area contributed by atoms with E-state index in [1.807, 2.05) is 42.5 Å². The number of nitrogens with zero attached hydrogens (tertiary/aromatic N) is 3. The molecule has 0 saturated heterocycles. The molecule has 2 N–H and O–H groups in total. The minimum atomic E-state index is -0.484. The SMILES string of the molecule is CCOC(=O)c1cccc(NC=C(C#N)C#N)c1NCc1ccc(-c2ccccc2C#N)cc1. The van der Waals surface area contributed by atoms with Gasteiger partial charge in [-0.05, 0) is 41.8 Å². The Balaban J connectivity index is 1.87. The average molecular weight is 447 g/mol. The minimum absolute atomic E-state index is 0.0965. The summed E-state index contributed by atoms with van der Waals surface area (Å²) < 4.78 is 5.18. The largest absolute Gasteiger partial charge is 0.462 e. The Morgan fingerprint density at radius 1 is 0.971 bits per heavy atom. The molecule has 0 fully saturated rings. The lowest BCUT2D eigenvalue weighted by Crippen LogP contribution is -2.11. The van der Waals surface area contributed by atoms with Crippen LogP contribution in [0.1, 0.15) is 28.4 Å². The second kappa shape index (κ2) is 11.5. The second-order valence-electron chi connectivity index (χ2n) is 7.08. The second-order valence-corrected chi connectivity index (χ2v) is 7.08. The highest BCUT2D eigenvalue weighted by Crippen LogP contribution is 2.29. The Hall–Kier alpha value is -5.06. The van der Waals surface area contributed by atoms with Gasteiger partial charge in [-0.3, -0.25) is 0 Å². The van der Waals surface area contributed by atoms with E-state index in [1.54, 1.807) is 43.3 Å². The van der Waals surface area contributed by atoms with Gasteiger partial charge in [0.2, 0.25) is 0 Å². The lowest BCUT2D eigenvalue weighted by atomic mass is 9.99. The molecule has 0 radical (unpaired) electrons. The zero-order valence-electron chi connectivity index (χ0n) is 18.5. The van der Waals surface area contributed by atoms with Gasteiger partial charge in [-0.1, -0.05) is 48.5 Å². The molecule has 0 aliphatic carbocycles. The van der Waals surface area contributed by atoms with Crippen molar-refractivity contribution in [2.75, 3.05) is 17.2 Å². The third kappa shape index (κ3) is 5.59. The fourth-order valence-electron chi connectivity index (χ4n) is 3.31. The molecule has 0 saturated carbocycles. The molecule has 0 heterocycles. The molecule has 0 bridgehead atoms. The van der Waals surface area contributed by atoms with Gasteiger partial charge in [-0.2, -0.15) is 15.8 Å². The molecule has 0 spiro atoms. The van der Waals surface area contributed by atoms with Crippen LogP contribution in [-0.4, -0.2) is 12.6 Å². The standard InChI is InChI=1S/C27H21N5O2/c1-2-34-27(33)24-8-5-9-25(31-18-20(14-28)15-29)26(24)32-17-19-10-12-21(13-11-19)23-7-4-3-6-22(23)16-30/h3-13,18,31-32H,2,17H2,1H3. The smallest absolute Gasteiger partial charge is 0.340 e. The van der Waals surface area contributed by atoms with Crippen LogP contribution in [0, 0.1) is 34.0 Å². The number of hydrogen-bond acceptors (Lipinski definition) is 7. The number of carbonyl (C=O) groups is 1. The number of ether oxygens (including phenoxy) is 1. The Bertz CT molecular complexity index is 1320. The van der Waals surface area contributed by atoms with Crippen LogP contribution >= 0.6 is 0 Å². The predicted molar refractivity (Wildman–Crippen MR) is 129 cm³/mol. The molecule has 7 heteroatoms. The van der Waals surface area contributed by atoms with Gasteiger partial charge in [0.05, 0.1) is 35.2 Å². The zero-order valence-corrected chi connectivity index (χ0v) is 18.5. The number of para-hydroxylation sites is 1. The summed E-state index contributed by atoms with van der Waals surface area (Å²) in [6.45, 7) is 2.36. The summed E-state index contributed by atoms with van der Waals surface area (Å²) in [4.78, 5) is 12.5. The van der Waals surface area contributed by atoms with Crippen molar-refractivity contribution in [1.29, 1.82) is 15.8 Å². The molecule has 0 aliphatic heterocycles. The first kappa shape index (κ1) is 23.6. The van der Waals surface area contributed by atoms with E-state index in [2.05, 4.69) is 16.7 Å². The molecular weight excluding hydrogens is 426 g/mol. The van der Waals surface area contributed by atoms with E-state index in [0.717, 1.165) is 16.7 Å². The number of allylic oxidation sites excluding steroid dienone is 1. The highest BCUT2D eigenvalue weighted by molar-refractivity contribution is 5.99. The van der Waals surface area contributed by atoms with E-state index in [0.29, 0.717) is 29.0 Å². The lowest BCUT2D eigenvalue weighted by Gasteiger charge is -2.16. The van der Waals surface area contributed by atoms with Crippen LogP contribution in [-0.2, 0) is 11.3 Å². The molecule has 0 unspecified atom stereocenters. The third-order valence-corrected chi connectivity index (χ3v) is 4.95. The Kier molecular flexibility index (Phi) is 8.00. The summed E-state index contributed by atoms with van der Waals surface area (Å²) in [5, 5.41) is 33.5. The summed E-state index contributed by atoms with van der Waals surface area (Å²) in [7, 11) is 0. The quantitative estimate of drug-likeness (QED) is 0.352. The maximum atomic E-state index is 12.5.